The Morgan fingerprint density at radius 3 is 2.67 bits per heavy atom. The monoisotopic (exact) mass is 299 g/mol. The molecule has 0 saturated carbocycles. The number of hydrogen-bond donors (Lipinski definition) is 1. The first-order valence-corrected chi connectivity index (χ1v) is 6.58. The van der Waals surface area contributed by atoms with Gasteiger partial charge < -0.3 is 4.98 Å². The second-order valence-electron chi connectivity index (χ2n) is 4.44. The quantitative estimate of drug-likeness (QED) is 0.579. The third kappa shape index (κ3) is 2.78. The molecule has 0 aliphatic carbocycles. The minimum Gasteiger partial charge on any atom is -0.338 e. The van der Waals surface area contributed by atoms with Crippen LogP contribution in [-0.2, 0) is 0 Å². The molecule has 6 heteroatoms. The van der Waals surface area contributed by atoms with Gasteiger partial charge in [0.2, 0.25) is 0 Å². The standard InChI is InChI=1S/C15H10ClN3O2/c16-11-8-12-15(13(9-11)19(20)21)18-14(17-12)7-6-10-4-2-1-3-5-10/h1-9H,(H,17,18)/b7-6+. The van der Waals surface area contributed by atoms with Crippen molar-refractivity contribution >= 4 is 40.5 Å². The van der Waals surface area contributed by atoms with E-state index in [1.165, 1.54) is 6.07 Å². The number of nitrogens with zero attached hydrogens (tertiary/aromatic N) is 2. The largest absolute Gasteiger partial charge is 0.338 e. The molecule has 104 valence electrons. The number of nitro benzene ring substituents is 1. The van der Waals surface area contributed by atoms with Gasteiger partial charge in [-0.1, -0.05) is 48.0 Å². The zero-order chi connectivity index (χ0) is 14.8. The van der Waals surface area contributed by atoms with E-state index in [-0.39, 0.29) is 5.69 Å². The third-order valence-corrected chi connectivity index (χ3v) is 3.20. The van der Waals surface area contributed by atoms with Crippen LogP contribution in [0, 0.1) is 10.1 Å². The smallest absolute Gasteiger partial charge is 0.298 e. The Hall–Kier alpha value is -2.66. The minimum absolute atomic E-state index is 0.104. The van der Waals surface area contributed by atoms with E-state index >= 15 is 0 Å². The summed E-state index contributed by atoms with van der Waals surface area (Å²) in [5.74, 6) is 0.541. The molecule has 0 saturated heterocycles. The predicted molar refractivity (Wildman–Crippen MR) is 83.1 cm³/mol. The van der Waals surface area contributed by atoms with Gasteiger partial charge in [-0.15, -0.1) is 0 Å². The molecule has 21 heavy (non-hydrogen) atoms. The van der Waals surface area contributed by atoms with Gasteiger partial charge in [-0.25, -0.2) is 4.98 Å². The lowest BCUT2D eigenvalue weighted by Gasteiger charge is -1.93. The number of non-ortho nitro benzene ring substituents is 1. The van der Waals surface area contributed by atoms with Crippen LogP contribution in [0.5, 0.6) is 0 Å². The SMILES string of the molecule is O=[N+]([O-])c1cc(Cl)cc2[nH]c(/C=C/c3ccccc3)nc12. The van der Waals surface area contributed by atoms with Crippen LogP contribution in [0.15, 0.2) is 42.5 Å². The van der Waals surface area contributed by atoms with E-state index in [0.717, 1.165) is 5.56 Å². The first-order valence-electron chi connectivity index (χ1n) is 6.20. The number of imidazole rings is 1. The van der Waals surface area contributed by atoms with Gasteiger partial charge in [0.15, 0.2) is 5.52 Å². The predicted octanol–water partition coefficient (Wildman–Crippen LogP) is 4.29. The number of aromatic amines is 1. The summed E-state index contributed by atoms with van der Waals surface area (Å²) in [7, 11) is 0. The summed E-state index contributed by atoms with van der Waals surface area (Å²) >= 11 is 5.88. The number of aromatic nitrogens is 2. The lowest BCUT2D eigenvalue weighted by Crippen LogP contribution is -1.89. The highest BCUT2D eigenvalue weighted by Crippen LogP contribution is 2.28. The van der Waals surface area contributed by atoms with Gasteiger partial charge in [0.1, 0.15) is 5.82 Å². The molecule has 3 rings (SSSR count). The van der Waals surface area contributed by atoms with Crippen molar-refractivity contribution in [3.8, 4) is 0 Å². The molecular weight excluding hydrogens is 290 g/mol. The molecule has 1 N–H and O–H groups in total. The molecule has 0 fully saturated rings. The normalized spacial score (nSPS) is 11.3. The van der Waals surface area contributed by atoms with E-state index in [0.29, 0.717) is 21.9 Å². The van der Waals surface area contributed by atoms with Gasteiger partial charge in [0.05, 0.1) is 10.4 Å². The molecule has 0 aliphatic rings. The average molecular weight is 300 g/mol. The van der Waals surface area contributed by atoms with E-state index in [1.807, 2.05) is 36.4 Å². The average Bonchev–Trinajstić information content (AvgIpc) is 2.87. The lowest BCUT2D eigenvalue weighted by atomic mass is 10.2. The first-order chi connectivity index (χ1) is 10.1. The third-order valence-electron chi connectivity index (χ3n) is 2.98. The second-order valence-corrected chi connectivity index (χ2v) is 4.88. The zero-order valence-electron chi connectivity index (χ0n) is 10.8. The summed E-state index contributed by atoms with van der Waals surface area (Å²) in [6.45, 7) is 0. The number of hydrogen-bond acceptors (Lipinski definition) is 3. The Bertz CT molecular complexity index is 841. The van der Waals surface area contributed by atoms with Crippen LogP contribution in [0.4, 0.5) is 5.69 Å². The molecule has 0 bridgehead atoms. The van der Waals surface area contributed by atoms with Crippen molar-refractivity contribution in [3.05, 3.63) is 69.0 Å². The summed E-state index contributed by atoms with van der Waals surface area (Å²) in [4.78, 5) is 17.8. The molecule has 1 heterocycles. The van der Waals surface area contributed by atoms with E-state index in [2.05, 4.69) is 9.97 Å². The number of nitrogens with one attached hydrogen (secondary N) is 1. The van der Waals surface area contributed by atoms with Crippen molar-refractivity contribution < 1.29 is 4.92 Å². The van der Waals surface area contributed by atoms with Crippen LogP contribution >= 0.6 is 11.6 Å². The molecule has 0 unspecified atom stereocenters. The van der Waals surface area contributed by atoms with Crippen LogP contribution < -0.4 is 0 Å². The molecule has 0 spiro atoms. The van der Waals surface area contributed by atoms with Crippen molar-refractivity contribution in [2.75, 3.05) is 0 Å². The van der Waals surface area contributed by atoms with Crippen molar-refractivity contribution in [1.82, 2.24) is 9.97 Å². The Morgan fingerprint density at radius 1 is 1.19 bits per heavy atom. The van der Waals surface area contributed by atoms with Gasteiger partial charge in [-0.2, -0.15) is 0 Å². The number of benzene rings is 2. The molecule has 5 nitrogen and oxygen atoms in total. The molecule has 0 amide bonds. The van der Waals surface area contributed by atoms with Gasteiger partial charge in [0, 0.05) is 11.1 Å². The van der Waals surface area contributed by atoms with E-state index < -0.39 is 4.92 Å². The fourth-order valence-corrected chi connectivity index (χ4v) is 2.25. The highest BCUT2D eigenvalue weighted by Gasteiger charge is 2.16. The van der Waals surface area contributed by atoms with Crippen LogP contribution in [0.2, 0.25) is 5.02 Å². The Morgan fingerprint density at radius 2 is 1.95 bits per heavy atom. The van der Waals surface area contributed by atoms with E-state index in [1.54, 1.807) is 12.1 Å². The van der Waals surface area contributed by atoms with E-state index in [9.17, 15) is 10.1 Å². The fraction of sp³-hybridized carbons (Fsp3) is 0. The zero-order valence-corrected chi connectivity index (χ0v) is 11.5. The number of fused-ring (bicyclic) bond motifs is 1. The summed E-state index contributed by atoms with van der Waals surface area (Å²) < 4.78 is 0. The maximum Gasteiger partial charge on any atom is 0.298 e. The maximum atomic E-state index is 11.0. The van der Waals surface area contributed by atoms with Gasteiger partial charge >= 0.3 is 0 Å². The van der Waals surface area contributed by atoms with Crippen LogP contribution in [0.25, 0.3) is 23.2 Å². The van der Waals surface area contributed by atoms with Crippen LogP contribution in [-0.4, -0.2) is 14.9 Å². The summed E-state index contributed by atoms with van der Waals surface area (Å²) in [6, 6.07) is 12.6. The maximum absolute atomic E-state index is 11.0. The van der Waals surface area contributed by atoms with Crippen molar-refractivity contribution in [2.24, 2.45) is 0 Å². The summed E-state index contributed by atoms with van der Waals surface area (Å²) in [6.07, 6.45) is 3.65. The minimum atomic E-state index is -0.486. The Kier molecular flexibility index (Phi) is 3.41. The Balaban J connectivity index is 2.03. The van der Waals surface area contributed by atoms with Crippen LogP contribution in [0.1, 0.15) is 11.4 Å². The van der Waals surface area contributed by atoms with Gasteiger partial charge in [-0.3, -0.25) is 10.1 Å². The van der Waals surface area contributed by atoms with Gasteiger partial charge in [-0.05, 0) is 17.7 Å². The summed E-state index contributed by atoms with van der Waals surface area (Å²) in [5, 5.41) is 11.3. The number of nitro groups is 1. The fourth-order valence-electron chi connectivity index (χ4n) is 2.04. The van der Waals surface area contributed by atoms with Crippen molar-refractivity contribution in [2.45, 2.75) is 0 Å². The molecule has 0 radical (unpaired) electrons. The highest BCUT2D eigenvalue weighted by molar-refractivity contribution is 6.31. The molecule has 2 aromatic carbocycles. The Labute approximate surface area is 125 Å². The van der Waals surface area contributed by atoms with Crippen LogP contribution in [0.3, 0.4) is 0 Å². The molecule has 0 atom stereocenters. The number of H-pyrrole nitrogens is 1. The number of rotatable bonds is 3. The molecule has 3 aromatic rings. The first kappa shape index (κ1) is 13.3. The molecular formula is C15H10ClN3O2. The summed E-state index contributed by atoms with van der Waals surface area (Å²) in [5.41, 5.74) is 1.76. The molecule has 1 aromatic heterocycles. The highest BCUT2D eigenvalue weighted by atomic mass is 35.5. The topological polar surface area (TPSA) is 71.8 Å². The van der Waals surface area contributed by atoms with Crippen molar-refractivity contribution in [1.29, 1.82) is 0 Å². The molecule has 0 aliphatic heterocycles. The van der Waals surface area contributed by atoms with Crippen molar-refractivity contribution in [3.63, 3.8) is 0 Å². The number of halogens is 1. The van der Waals surface area contributed by atoms with Gasteiger partial charge in [0.25, 0.3) is 5.69 Å². The van der Waals surface area contributed by atoms with E-state index in [4.69, 9.17) is 11.6 Å². The second kappa shape index (κ2) is 5.38. The lowest BCUT2D eigenvalue weighted by molar-refractivity contribution is -0.383.